The second kappa shape index (κ2) is 9.17. The smallest absolute Gasteiger partial charge is 0.238 e. The van der Waals surface area contributed by atoms with Crippen LogP contribution in [0.1, 0.15) is 11.1 Å². The number of hydrogen-bond donors (Lipinski definition) is 2. The second-order valence-electron chi connectivity index (χ2n) is 6.29. The molecule has 0 aliphatic rings. The molecule has 29 heavy (non-hydrogen) atoms. The number of halogens is 1. The van der Waals surface area contributed by atoms with Gasteiger partial charge < -0.3 is 14.8 Å². The van der Waals surface area contributed by atoms with Gasteiger partial charge in [-0.2, -0.15) is 0 Å². The molecule has 0 saturated heterocycles. The number of primary sulfonamides is 1. The Morgan fingerprint density at radius 3 is 2.34 bits per heavy atom. The van der Waals surface area contributed by atoms with Crippen molar-refractivity contribution in [2.75, 3.05) is 12.4 Å². The van der Waals surface area contributed by atoms with E-state index in [1.165, 1.54) is 12.1 Å². The normalized spacial score (nSPS) is 11.1. The number of rotatable bonds is 8. The van der Waals surface area contributed by atoms with E-state index < -0.39 is 10.0 Å². The lowest BCUT2D eigenvalue weighted by Crippen LogP contribution is -2.12. The summed E-state index contributed by atoms with van der Waals surface area (Å²) in [6, 6.07) is 19.5. The van der Waals surface area contributed by atoms with E-state index in [9.17, 15) is 8.42 Å². The summed E-state index contributed by atoms with van der Waals surface area (Å²) >= 11 is 6.23. The van der Waals surface area contributed by atoms with Crippen LogP contribution in [0.3, 0.4) is 0 Å². The highest BCUT2D eigenvalue weighted by atomic mass is 35.5. The summed E-state index contributed by atoms with van der Waals surface area (Å²) < 4.78 is 34.2. The molecule has 0 bridgehead atoms. The lowest BCUT2D eigenvalue weighted by molar-refractivity contribution is 0.281. The van der Waals surface area contributed by atoms with E-state index in [2.05, 4.69) is 5.32 Å². The third-order valence-corrected chi connectivity index (χ3v) is 5.36. The van der Waals surface area contributed by atoms with Gasteiger partial charge in [0.15, 0.2) is 11.5 Å². The van der Waals surface area contributed by atoms with E-state index in [4.69, 9.17) is 26.2 Å². The van der Waals surface area contributed by atoms with Gasteiger partial charge in [-0.05, 0) is 35.9 Å². The SMILES string of the molecule is COc1cc(Cl)cc(CNc2ccc(S(N)(=O)=O)cc2)c1OCc1ccccc1. The molecule has 0 spiro atoms. The first-order valence-corrected chi connectivity index (χ1v) is 10.7. The fraction of sp³-hybridized carbons (Fsp3) is 0.143. The fourth-order valence-electron chi connectivity index (χ4n) is 2.76. The highest BCUT2D eigenvalue weighted by Gasteiger charge is 2.14. The van der Waals surface area contributed by atoms with Gasteiger partial charge in [0.05, 0.1) is 12.0 Å². The highest BCUT2D eigenvalue weighted by molar-refractivity contribution is 7.89. The van der Waals surface area contributed by atoms with Crippen molar-refractivity contribution in [1.29, 1.82) is 0 Å². The van der Waals surface area contributed by atoms with Crippen molar-refractivity contribution in [3.05, 3.63) is 82.9 Å². The molecule has 0 radical (unpaired) electrons. The Labute approximate surface area is 175 Å². The maximum atomic E-state index is 11.4. The molecule has 6 nitrogen and oxygen atoms in total. The van der Waals surface area contributed by atoms with Crippen LogP contribution in [-0.4, -0.2) is 15.5 Å². The Bertz CT molecular complexity index is 1070. The van der Waals surface area contributed by atoms with Crippen LogP contribution in [0.15, 0.2) is 71.6 Å². The molecule has 8 heteroatoms. The number of sulfonamides is 1. The lowest BCUT2D eigenvalue weighted by atomic mass is 10.1. The van der Waals surface area contributed by atoms with Crippen LogP contribution >= 0.6 is 11.6 Å². The number of nitrogens with two attached hydrogens (primary N) is 1. The van der Waals surface area contributed by atoms with Crippen molar-refractivity contribution >= 4 is 27.3 Å². The highest BCUT2D eigenvalue weighted by Crippen LogP contribution is 2.35. The molecule has 0 aromatic heterocycles. The molecule has 152 valence electrons. The molecule has 0 fully saturated rings. The Kier molecular flexibility index (Phi) is 6.64. The van der Waals surface area contributed by atoms with Gasteiger partial charge in [-0.25, -0.2) is 13.6 Å². The first kappa shape index (κ1) is 21.0. The molecule has 0 atom stereocenters. The largest absolute Gasteiger partial charge is 0.493 e. The van der Waals surface area contributed by atoms with Gasteiger partial charge in [0, 0.05) is 28.9 Å². The van der Waals surface area contributed by atoms with E-state index in [-0.39, 0.29) is 4.90 Å². The standard InChI is InChI=1S/C21H21ClN2O4S/c1-27-20-12-17(22)11-16(21(20)28-14-15-5-3-2-4-6-15)13-24-18-7-9-19(10-8-18)29(23,25)26/h2-12,24H,13-14H2,1H3,(H2,23,25,26). The van der Waals surface area contributed by atoms with Crippen molar-refractivity contribution in [3.63, 3.8) is 0 Å². The summed E-state index contributed by atoms with van der Waals surface area (Å²) in [6.07, 6.45) is 0. The Hall–Kier alpha value is -2.74. The van der Waals surface area contributed by atoms with Crippen molar-refractivity contribution in [2.45, 2.75) is 18.0 Å². The van der Waals surface area contributed by atoms with E-state index in [0.717, 1.165) is 16.8 Å². The predicted molar refractivity (Wildman–Crippen MR) is 114 cm³/mol. The summed E-state index contributed by atoms with van der Waals surface area (Å²) in [5.41, 5.74) is 2.56. The molecular formula is C21H21ClN2O4S. The molecular weight excluding hydrogens is 412 g/mol. The summed E-state index contributed by atoms with van der Waals surface area (Å²) in [5, 5.41) is 8.88. The lowest BCUT2D eigenvalue weighted by Gasteiger charge is -2.17. The zero-order valence-electron chi connectivity index (χ0n) is 15.8. The molecule has 3 N–H and O–H groups in total. The van der Waals surface area contributed by atoms with E-state index in [0.29, 0.717) is 29.7 Å². The first-order chi connectivity index (χ1) is 13.9. The fourth-order valence-corrected chi connectivity index (χ4v) is 3.51. The zero-order chi connectivity index (χ0) is 20.9. The van der Waals surface area contributed by atoms with Crippen LogP contribution in [0.2, 0.25) is 5.02 Å². The van der Waals surface area contributed by atoms with Gasteiger partial charge in [-0.3, -0.25) is 0 Å². The van der Waals surface area contributed by atoms with Crippen molar-refractivity contribution < 1.29 is 17.9 Å². The van der Waals surface area contributed by atoms with Crippen LogP contribution in [0, 0.1) is 0 Å². The number of ether oxygens (including phenoxy) is 2. The zero-order valence-corrected chi connectivity index (χ0v) is 17.3. The summed E-state index contributed by atoms with van der Waals surface area (Å²) in [6.45, 7) is 0.782. The topological polar surface area (TPSA) is 90.6 Å². The van der Waals surface area contributed by atoms with Crippen molar-refractivity contribution in [1.82, 2.24) is 0 Å². The summed E-state index contributed by atoms with van der Waals surface area (Å²) in [7, 11) is -2.16. The minimum absolute atomic E-state index is 0.0550. The van der Waals surface area contributed by atoms with E-state index in [1.807, 2.05) is 30.3 Å². The van der Waals surface area contributed by atoms with E-state index >= 15 is 0 Å². The maximum Gasteiger partial charge on any atom is 0.238 e. The maximum absolute atomic E-state index is 11.4. The van der Waals surface area contributed by atoms with Gasteiger partial charge in [0.2, 0.25) is 10.0 Å². The number of anilines is 1. The summed E-state index contributed by atoms with van der Waals surface area (Å²) in [4.78, 5) is 0.0550. The molecule has 0 amide bonds. The second-order valence-corrected chi connectivity index (χ2v) is 8.29. The first-order valence-electron chi connectivity index (χ1n) is 8.76. The Balaban J connectivity index is 1.79. The minimum Gasteiger partial charge on any atom is -0.493 e. The van der Waals surface area contributed by atoms with Crippen LogP contribution in [-0.2, 0) is 23.2 Å². The van der Waals surface area contributed by atoms with Crippen LogP contribution < -0.4 is 19.9 Å². The molecule has 0 heterocycles. The molecule has 3 aromatic carbocycles. The Morgan fingerprint density at radius 2 is 1.72 bits per heavy atom. The number of methoxy groups -OCH3 is 1. The van der Waals surface area contributed by atoms with Gasteiger partial charge in [-0.15, -0.1) is 0 Å². The van der Waals surface area contributed by atoms with Crippen LogP contribution in [0.4, 0.5) is 5.69 Å². The molecule has 3 aromatic rings. The third kappa shape index (κ3) is 5.63. The molecule has 3 rings (SSSR count). The molecule has 0 aliphatic carbocycles. The van der Waals surface area contributed by atoms with Gasteiger partial charge in [0.1, 0.15) is 6.61 Å². The van der Waals surface area contributed by atoms with Gasteiger partial charge in [-0.1, -0.05) is 41.9 Å². The third-order valence-electron chi connectivity index (χ3n) is 4.21. The summed E-state index contributed by atoms with van der Waals surface area (Å²) in [5.74, 6) is 1.13. The predicted octanol–water partition coefficient (Wildman–Crippen LogP) is 4.19. The number of benzene rings is 3. The molecule has 0 saturated carbocycles. The van der Waals surface area contributed by atoms with Crippen LogP contribution in [0.5, 0.6) is 11.5 Å². The van der Waals surface area contributed by atoms with E-state index in [1.54, 1.807) is 31.4 Å². The number of nitrogens with one attached hydrogen (secondary N) is 1. The number of hydrogen-bond acceptors (Lipinski definition) is 5. The van der Waals surface area contributed by atoms with Crippen molar-refractivity contribution in [3.8, 4) is 11.5 Å². The van der Waals surface area contributed by atoms with Crippen LogP contribution in [0.25, 0.3) is 0 Å². The molecule has 0 aliphatic heterocycles. The monoisotopic (exact) mass is 432 g/mol. The quantitative estimate of drug-likeness (QED) is 0.557. The minimum atomic E-state index is -3.72. The van der Waals surface area contributed by atoms with Gasteiger partial charge >= 0.3 is 0 Å². The average Bonchev–Trinajstić information content (AvgIpc) is 2.71. The Morgan fingerprint density at radius 1 is 1.03 bits per heavy atom. The molecule has 0 unspecified atom stereocenters. The van der Waals surface area contributed by atoms with Crippen molar-refractivity contribution in [2.24, 2.45) is 5.14 Å². The van der Waals surface area contributed by atoms with Gasteiger partial charge in [0.25, 0.3) is 0 Å². The average molecular weight is 433 g/mol.